The average Bonchev–Trinajstić information content (AvgIpc) is 2.71. The molecular formula is C7H10N2O2. The van der Waals surface area contributed by atoms with Crippen LogP contribution >= 0.6 is 0 Å². The number of imide groups is 1. The Morgan fingerprint density at radius 3 is 2.36 bits per heavy atom. The van der Waals surface area contributed by atoms with E-state index in [1.165, 1.54) is 4.90 Å². The molecule has 4 nitrogen and oxygen atoms in total. The van der Waals surface area contributed by atoms with Crippen LogP contribution in [0.2, 0.25) is 0 Å². The van der Waals surface area contributed by atoms with Gasteiger partial charge < -0.3 is 5.73 Å². The van der Waals surface area contributed by atoms with Gasteiger partial charge in [0.2, 0.25) is 11.8 Å². The van der Waals surface area contributed by atoms with E-state index in [0.29, 0.717) is 13.1 Å². The number of nitrogens with zero attached hydrogens (tertiary/aromatic N) is 1. The molecule has 0 bridgehead atoms. The molecule has 0 aromatic carbocycles. The topological polar surface area (TPSA) is 63.4 Å². The number of amides is 2. The van der Waals surface area contributed by atoms with Gasteiger partial charge >= 0.3 is 0 Å². The zero-order chi connectivity index (χ0) is 8.01. The normalized spacial score (nSPS) is 34.5. The maximum Gasteiger partial charge on any atom is 0.233 e. The molecule has 60 valence electrons. The number of nitrogens with two attached hydrogens (primary N) is 1. The van der Waals surface area contributed by atoms with Gasteiger partial charge in [0.1, 0.15) is 0 Å². The molecule has 2 amide bonds. The Morgan fingerprint density at radius 1 is 1.36 bits per heavy atom. The number of rotatable bonds is 2. The molecule has 2 rings (SSSR count). The minimum atomic E-state index is -0.00884. The molecule has 0 aromatic heterocycles. The molecule has 4 heteroatoms. The van der Waals surface area contributed by atoms with Crippen molar-refractivity contribution in [1.82, 2.24) is 4.90 Å². The highest BCUT2D eigenvalue weighted by Gasteiger charge is 2.58. The Bertz CT molecular complexity index is 206. The maximum absolute atomic E-state index is 11.2. The van der Waals surface area contributed by atoms with E-state index in [1.807, 2.05) is 0 Å². The van der Waals surface area contributed by atoms with Gasteiger partial charge in [0.15, 0.2) is 0 Å². The fraction of sp³-hybridized carbons (Fsp3) is 0.714. The molecule has 1 aliphatic heterocycles. The van der Waals surface area contributed by atoms with E-state index in [2.05, 4.69) is 0 Å². The minimum absolute atomic E-state index is 0.00884. The first kappa shape index (κ1) is 6.79. The minimum Gasteiger partial charge on any atom is -0.329 e. The summed E-state index contributed by atoms with van der Waals surface area (Å²) >= 11 is 0. The van der Waals surface area contributed by atoms with Crippen LogP contribution in [0, 0.1) is 11.8 Å². The predicted octanol–water partition coefficient (Wildman–Crippen LogP) is -1.05. The van der Waals surface area contributed by atoms with Crippen LogP contribution in [-0.4, -0.2) is 29.8 Å². The van der Waals surface area contributed by atoms with Gasteiger partial charge in [-0.15, -0.1) is 0 Å². The fourth-order valence-electron chi connectivity index (χ4n) is 1.60. The molecular weight excluding hydrogens is 144 g/mol. The molecule has 2 aliphatic rings. The lowest BCUT2D eigenvalue weighted by atomic mass is 10.4. The summed E-state index contributed by atoms with van der Waals surface area (Å²) in [6, 6.07) is 0. The summed E-state index contributed by atoms with van der Waals surface area (Å²) in [5.41, 5.74) is 5.25. The molecule has 0 radical (unpaired) electrons. The van der Waals surface area contributed by atoms with Crippen molar-refractivity contribution in [2.75, 3.05) is 13.1 Å². The van der Waals surface area contributed by atoms with Crippen LogP contribution in [0.1, 0.15) is 6.42 Å². The van der Waals surface area contributed by atoms with Crippen molar-refractivity contribution in [1.29, 1.82) is 0 Å². The summed E-state index contributed by atoms with van der Waals surface area (Å²) in [6.45, 7) is 0.765. The van der Waals surface area contributed by atoms with Crippen LogP contribution in [0.15, 0.2) is 0 Å². The third-order valence-corrected chi connectivity index (χ3v) is 2.31. The zero-order valence-electron chi connectivity index (χ0n) is 6.12. The molecule has 1 aliphatic carbocycles. The van der Waals surface area contributed by atoms with Gasteiger partial charge in [0.25, 0.3) is 0 Å². The van der Waals surface area contributed by atoms with E-state index in [0.717, 1.165) is 6.42 Å². The molecule has 2 atom stereocenters. The number of likely N-dealkylation sites (tertiary alicyclic amines) is 1. The van der Waals surface area contributed by atoms with Crippen LogP contribution in [-0.2, 0) is 9.59 Å². The highest BCUT2D eigenvalue weighted by molar-refractivity contribution is 6.08. The van der Waals surface area contributed by atoms with E-state index in [9.17, 15) is 9.59 Å². The Labute approximate surface area is 64.3 Å². The molecule has 1 heterocycles. The Balaban J connectivity index is 2.11. The second kappa shape index (κ2) is 2.04. The van der Waals surface area contributed by atoms with E-state index < -0.39 is 0 Å². The van der Waals surface area contributed by atoms with Crippen molar-refractivity contribution in [3.05, 3.63) is 0 Å². The van der Waals surface area contributed by atoms with Gasteiger partial charge in [0.05, 0.1) is 11.8 Å². The lowest BCUT2D eigenvalue weighted by molar-refractivity contribution is -0.141. The first-order valence-electron chi connectivity index (χ1n) is 3.81. The summed E-state index contributed by atoms with van der Waals surface area (Å²) in [7, 11) is 0. The predicted molar refractivity (Wildman–Crippen MR) is 37.4 cm³/mol. The van der Waals surface area contributed by atoms with Crippen LogP contribution in [0.4, 0.5) is 0 Å². The lowest BCUT2D eigenvalue weighted by Gasteiger charge is -2.13. The quantitative estimate of drug-likeness (QED) is 0.516. The van der Waals surface area contributed by atoms with Crippen LogP contribution < -0.4 is 5.73 Å². The average molecular weight is 154 g/mol. The molecule has 1 saturated carbocycles. The Hall–Kier alpha value is -0.900. The number of hydrogen-bond donors (Lipinski definition) is 1. The van der Waals surface area contributed by atoms with Crippen molar-refractivity contribution in [2.45, 2.75) is 6.42 Å². The van der Waals surface area contributed by atoms with E-state index >= 15 is 0 Å². The van der Waals surface area contributed by atoms with Gasteiger partial charge in [-0.1, -0.05) is 0 Å². The summed E-state index contributed by atoms with van der Waals surface area (Å²) in [5.74, 6) is 0.0269. The molecule has 2 unspecified atom stereocenters. The summed E-state index contributed by atoms with van der Waals surface area (Å²) in [6.07, 6.45) is 0.777. The summed E-state index contributed by atoms with van der Waals surface area (Å²) in [4.78, 5) is 23.7. The van der Waals surface area contributed by atoms with Crippen LogP contribution in [0.5, 0.6) is 0 Å². The number of hydrogen-bond acceptors (Lipinski definition) is 3. The standard InChI is InChI=1S/C7H10N2O2/c8-1-2-9-6(10)4-3-5(4)7(9)11/h4-5H,1-3,8H2. The molecule has 0 spiro atoms. The van der Waals surface area contributed by atoms with Crippen molar-refractivity contribution >= 4 is 11.8 Å². The Morgan fingerprint density at radius 2 is 1.91 bits per heavy atom. The van der Waals surface area contributed by atoms with Gasteiger partial charge in [-0.3, -0.25) is 14.5 Å². The molecule has 1 saturated heterocycles. The second-order valence-electron chi connectivity index (χ2n) is 3.07. The van der Waals surface area contributed by atoms with Gasteiger partial charge in [-0.05, 0) is 6.42 Å². The zero-order valence-corrected chi connectivity index (χ0v) is 6.12. The maximum atomic E-state index is 11.2. The third-order valence-electron chi connectivity index (χ3n) is 2.31. The highest BCUT2D eigenvalue weighted by atomic mass is 16.2. The van der Waals surface area contributed by atoms with E-state index in [1.54, 1.807) is 0 Å². The number of carbonyl (C=O) groups excluding carboxylic acids is 2. The van der Waals surface area contributed by atoms with Gasteiger partial charge in [0, 0.05) is 13.1 Å². The fourth-order valence-corrected chi connectivity index (χ4v) is 1.60. The van der Waals surface area contributed by atoms with Crippen molar-refractivity contribution < 1.29 is 9.59 Å². The lowest BCUT2D eigenvalue weighted by Crippen LogP contribution is -2.36. The van der Waals surface area contributed by atoms with Crippen molar-refractivity contribution in [3.8, 4) is 0 Å². The first-order chi connectivity index (χ1) is 5.25. The van der Waals surface area contributed by atoms with Gasteiger partial charge in [-0.2, -0.15) is 0 Å². The highest BCUT2D eigenvalue weighted by Crippen LogP contribution is 2.46. The third kappa shape index (κ3) is 0.790. The molecule has 0 aromatic rings. The van der Waals surface area contributed by atoms with Gasteiger partial charge in [-0.25, -0.2) is 0 Å². The number of piperidine rings is 1. The number of fused-ring (bicyclic) bond motifs is 1. The van der Waals surface area contributed by atoms with E-state index in [4.69, 9.17) is 5.73 Å². The summed E-state index contributed by atoms with van der Waals surface area (Å²) < 4.78 is 0. The first-order valence-corrected chi connectivity index (χ1v) is 3.81. The summed E-state index contributed by atoms with van der Waals surface area (Å²) in [5, 5.41) is 0. The molecule has 2 fully saturated rings. The monoisotopic (exact) mass is 154 g/mol. The van der Waals surface area contributed by atoms with E-state index in [-0.39, 0.29) is 23.7 Å². The smallest absolute Gasteiger partial charge is 0.233 e. The molecule has 2 N–H and O–H groups in total. The Kier molecular flexibility index (Phi) is 1.26. The van der Waals surface area contributed by atoms with Crippen molar-refractivity contribution in [2.24, 2.45) is 17.6 Å². The largest absolute Gasteiger partial charge is 0.329 e. The second-order valence-corrected chi connectivity index (χ2v) is 3.07. The van der Waals surface area contributed by atoms with Crippen LogP contribution in [0.25, 0.3) is 0 Å². The SMILES string of the molecule is NCCN1C(=O)C2CC2C1=O. The molecule has 11 heavy (non-hydrogen) atoms. The van der Waals surface area contributed by atoms with Crippen LogP contribution in [0.3, 0.4) is 0 Å². The number of carbonyl (C=O) groups is 2. The van der Waals surface area contributed by atoms with Crippen molar-refractivity contribution in [3.63, 3.8) is 0 Å².